The van der Waals surface area contributed by atoms with Crippen molar-refractivity contribution in [2.45, 2.75) is 33.2 Å². The van der Waals surface area contributed by atoms with Crippen molar-refractivity contribution in [3.05, 3.63) is 22.4 Å². The quantitative estimate of drug-likeness (QED) is 0.633. The summed E-state index contributed by atoms with van der Waals surface area (Å²) in [5.74, 6) is 0. The maximum atomic E-state index is 3.55. The zero-order valence-corrected chi connectivity index (χ0v) is 14.4. The number of likely N-dealkylation sites (N-methyl/N-ethyl adjacent to an activating group) is 2. The summed E-state index contributed by atoms with van der Waals surface area (Å²) in [6.45, 7) is 13.5. The van der Waals surface area contributed by atoms with E-state index < -0.39 is 0 Å². The predicted molar refractivity (Wildman–Crippen MR) is 90.8 cm³/mol. The molecular weight excluding hydrogens is 266 g/mol. The molecule has 0 fully saturated rings. The Morgan fingerprint density at radius 2 is 1.90 bits per heavy atom. The van der Waals surface area contributed by atoms with Crippen LogP contribution in [0, 0.1) is 0 Å². The second-order valence-corrected chi connectivity index (χ2v) is 6.42. The molecule has 0 aliphatic rings. The average molecular weight is 298 g/mol. The van der Waals surface area contributed by atoms with E-state index in [9.17, 15) is 0 Å². The molecule has 3 nitrogen and oxygen atoms in total. The molecule has 0 saturated heterocycles. The molecule has 0 spiro atoms. The van der Waals surface area contributed by atoms with Crippen LogP contribution in [0.15, 0.2) is 17.5 Å². The molecule has 0 aliphatic carbocycles. The lowest BCUT2D eigenvalue weighted by atomic mass is 10.2. The van der Waals surface area contributed by atoms with Gasteiger partial charge < -0.3 is 15.1 Å². The zero-order valence-electron chi connectivity index (χ0n) is 13.6. The van der Waals surface area contributed by atoms with Crippen LogP contribution in [-0.4, -0.2) is 62.2 Å². The van der Waals surface area contributed by atoms with Crippen molar-refractivity contribution >= 4 is 11.3 Å². The molecule has 0 aliphatic heterocycles. The van der Waals surface area contributed by atoms with Gasteiger partial charge in [0.05, 0.1) is 0 Å². The van der Waals surface area contributed by atoms with Crippen LogP contribution in [-0.2, 0) is 6.42 Å². The van der Waals surface area contributed by atoms with E-state index in [0.29, 0.717) is 6.04 Å². The number of thiophene rings is 1. The SMILES string of the molecule is CCN(CC)CCNCCN(C)C(C)Cc1cccs1. The third-order valence-corrected chi connectivity index (χ3v) is 4.87. The Balaban J connectivity index is 2.08. The van der Waals surface area contributed by atoms with E-state index in [1.54, 1.807) is 0 Å². The summed E-state index contributed by atoms with van der Waals surface area (Å²) in [5, 5.41) is 5.71. The summed E-state index contributed by atoms with van der Waals surface area (Å²) in [4.78, 5) is 6.39. The maximum Gasteiger partial charge on any atom is 0.0113 e. The summed E-state index contributed by atoms with van der Waals surface area (Å²) in [6, 6.07) is 4.98. The lowest BCUT2D eigenvalue weighted by molar-refractivity contribution is 0.252. The molecule has 0 radical (unpaired) electrons. The third-order valence-electron chi connectivity index (χ3n) is 3.97. The van der Waals surface area contributed by atoms with Gasteiger partial charge in [-0.25, -0.2) is 0 Å². The molecule has 1 heterocycles. The Morgan fingerprint density at radius 3 is 2.50 bits per heavy atom. The van der Waals surface area contributed by atoms with E-state index in [2.05, 4.69) is 60.4 Å². The van der Waals surface area contributed by atoms with Crippen LogP contribution in [0.3, 0.4) is 0 Å². The summed E-state index contributed by atoms with van der Waals surface area (Å²) in [7, 11) is 2.23. The summed E-state index contributed by atoms with van der Waals surface area (Å²) in [5.41, 5.74) is 0. The molecule has 1 aromatic rings. The van der Waals surface area contributed by atoms with E-state index in [-0.39, 0.29) is 0 Å². The standard InChI is InChI=1S/C16H31N3S/c1-5-19(6-2)12-10-17-9-11-18(4)15(3)14-16-8-7-13-20-16/h7-8,13,15,17H,5-6,9-12,14H2,1-4H3. The molecule has 1 aromatic heterocycles. The van der Waals surface area contributed by atoms with E-state index >= 15 is 0 Å². The first-order valence-corrected chi connectivity index (χ1v) is 8.71. The molecule has 1 N–H and O–H groups in total. The number of nitrogens with one attached hydrogen (secondary N) is 1. The number of nitrogens with zero attached hydrogens (tertiary/aromatic N) is 2. The fourth-order valence-electron chi connectivity index (χ4n) is 2.25. The maximum absolute atomic E-state index is 3.55. The van der Waals surface area contributed by atoms with Gasteiger partial charge in [0.25, 0.3) is 0 Å². The fourth-order valence-corrected chi connectivity index (χ4v) is 3.08. The highest BCUT2D eigenvalue weighted by atomic mass is 32.1. The number of hydrogen-bond donors (Lipinski definition) is 1. The van der Waals surface area contributed by atoms with Crippen LogP contribution >= 0.6 is 11.3 Å². The van der Waals surface area contributed by atoms with Crippen LogP contribution < -0.4 is 5.32 Å². The van der Waals surface area contributed by atoms with Crippen molar-refractivity contribution in [2.75, 3.05) is 46.3 Å². The molecule has 0 bridgehead atoms. The first-order valence-electron chi connectivity index (χ1n) is 7.83. The Kier molecular flexibility index (Phi) is 9.10. The Morgan fingerprint density at radius 1 is 1.20 bits per heavy atom. The van der Waals surface area contributed by atoms with Gasteiger partial charge in [-0.05, 0) is 44.9 Å². The predicted octanol–water partition coefficient (Wildman–Crippen LogP) is 2.54. The van der Waals surface area contributed by atoms with Crippen LogP contribution in [0.4, 0.5) is 0 Å². The average Bonchev–Trinajstić information content (AvgIpc) is 2.95. The smallest absolute Gasteiger partial charge is 0.0113 e. The normalized spacial score (nSPS) is 13.3. The van der Waals surface area contributed by atoms with Gasteiger partial charge in [-0.3, -0.25) is 0 Å². The summed E-state index contributed by atoms with van der Waals surface area (Å²) >= 11 is 1.86. The highest BCUT2D eigenvalue weighted by Gasteiger charge is 2.10. The second kappa shape index (κ2) is 10.3. The molecule has 116 valence electrons. The molecule has 1 atom stereocenters. The molecule has 0 saturated carbocycles. The van der Waals surface area contributed by atoms with Gasteiger partial charge in [-0.15, -0.1) is 11.3 Å². The third kappa shape index (κ3) is 6.84. The van der Waals surface area contributed by atoms with Gasteiger partial charge in [0.1, 0.15) is 0 Å². The van der Waals surface area contributed by atoms with Gasteiger partial charge in [-0.1, -0.05) is 19.9 Å². The Labute approximate surface area is 129 Å². The highest BCUT2D eigenvalue weighted by molar-refractivity contribution is 7.09. The fraction of sp³-hybridized carbons (Fsp3) is 0.750. The Hall–Kier alpha value is -0.420. The minimum absolute atomic E-state index is 0.609. The molecular formula is C16H31N3S. The van der Waals surface area contributed by atoms with Crippen molar-refractivity contribution in [1.82, 2.24) is 15.1 Å². The molecule has 1 rings (SSSR count). The molecule has 20 heavy (non-hydrogen) atoms. The first-order chi connectivity index (χ1) is 9.67. The molecule has 0 aromatic carbocycles. The van der Waals surface area contributed by atoms with Gasteiger partial charge in [0.15, 0.2) is 0 Å². The van der Waals surface area contributed by atoms with Crippen molar-refractivity contribution < 1.29 is 0 Å². The van der Waals surface area contributed by atoms with Crippen LogP contribution in [0.1, 0.15) is 25.6 Å². The topological polar surface area (TPSA) is 18.5 Å². The highest BCUT2D eigenvalue weighted by Crippen LogP contribution is 2.13. The van der Waals surface area contributed by atoms with E-state index in [4.69, 9.17) is 0 Å². The minimum atomic E-state index is 0.609. The summed E-state index contributed by atoms with van der Waals surface area (Å²) in [6.07, 6.45) is 1.16. The van der Waals surface area contributed by atoms with Crippen LogP contribution in [0.25, 0.3) is 0 Å². The lowest BCUT2D eigenvalue weighted by Crippen LogP contribution is -2.38. The van der Waals surface area contributed by atoms with E-state index in [1.165, 1.54) is 4.88 Å². The minimum Gasteiger partial charge on any atom is -0.314 e. The molecule has 4 heteroatoms. The first kappa shape index (κ1) is 17.6. The second-order valence-electron chi connectivity index (χ2n) is 5.39. The molecule has 0 amide bonds. The van der Waals surface area contributed by atoms with Crippen molar-refractivity contribution in [3.63, 3.8) is 0 Å². The van der Waals surface area contributed by atoms with E-state index in [1.807, 2.05) is 11.3 Å². The largest absolute Gasteiger partial charge is 0.314 e. The van der Waals surface area contributed by atoms with E-state index in [0.717, 1.165) is 45.7 Å². The van der Waals surface area contributed by atoms with Crippen molar-refractivity contribution in [2.24, 2.45) is 0 Å². The lowest BCUT2D eigenvalue weighted by Gasteiger charge is -2.25. The van der Waals surface area contributed by atoms with Crippen LogP contribution in [0.5, 0.6) is 0 Å². The van der Waals surface area contributed by atoms with Gasteiger partial charge >= 0.3 is 0 Å². The Bertz CT molecular complexity index is 322. The van der Waals surface area contributed by atoms with Crippen molar-refractivity contribution in [1.29, 1.82) is 0 Å². The van der Waals surface area contributed by atoms with Crippen molar-refractivity contribution in [3.8, 4) is 0 Å². The summed E-state index contributed by atoms with van der Waals surface area (Å²) < 4.78 is 0. The van der Waals surface area contributed by atoms with Gasteiger partial charge in [-0.2, -0.15) is 0 Å². The van der Waals surface area contributed by atoms with Crippen LogP contribution in [0.2, 0.25) is 0 Å². The molecule has 1 unspecified atom stereocenters. The van der Waals surface area contributed by atoms with Gasteiger partial charge in [0, 0.05) is 37.1 Å². The number of rotatable bonds is 11. The monoisotopic (exact) mass is 297 g/mol. The number of hydrogen-bond acceptors (Lipinski definition) is 4. The zero-order chi connectivity index (χ0) is 14.8. The van der Waals surface area contributed by atoms with Gasteiger partial charge in [0.2, 0.25) is 0 Å².